The highest BCUT2D eigenvalue weighted by Gasteiger charge is 2.26. The van der Waals surface area contributed by atoms with Crippen LogP contribution in [0.4, 0.5) is 0 Å². The van der Waals surface area contributed by atoms with E-state index in [1.807, 2.05) is 27.2 Å². The topological polar surface area (TPSA) is 91.3 Å². The van der Waals surface area contributed by atoms with Crippen LogP contribution in [0, 0.1) is 0 Å². The number of carbonyl (C=O) groups excluding carboxylic acids is 1. The maximum Gasteiger partial charge on any atom is 0.472 e. The first kappa shape index (κ1) is 48.7. The number of allylic oxidation sites excluding steroid dienone is 13. The number of carbonyl (C=O) groups is 1. The lowest BCUT2D eigenvalue weighted by atomic mass is 10.1. The Hall–Kier alpha value is -2.32. The van der Waals surface area contributed by atoms with E-state index in [2.05, 4.69) is 86.8 Å². The Morgan fingerprint density at radius 2 is 1.14 bits per heavy atom. The van der Waals surface area contributed by atoms with Crippen LogP contribution in [0.15, 0.2) is 85.1 Å². The van der Waals surface area contributed by atoms with E-state index < -0.39 is 19.9 Å². The molecule has 0 fully saturated rings. The van der Waals surface area contributed by atoms with Crippen molar-refractivity contribution in [1.82, 2.24) is 0 Å². The van der Waals surface area contributed by atoms with Crippen LogP contribution in [0.5, 0.6) is 0 Å². The van der Waals surface area contributed by atoms with Crippen molar-refractivity contribution in [2.45, 2.75) is 123 Å². The summed E-state index contributed by atoms with van der Waals surface area (Å²) in [5.74, 6) is -0.449. The van der Waals surface area contributed by atoms with Crippen LogP contribution in [0.25, 0.3) is 0 Å². The van der Waals surface area contributed by atoms with Gasteiger partial charge in [0, 0.05) is 6.61 Å². The van der Waals surface area contributed by atoms with Crippen molar-refractivity contribution in [3.63, 3.8) is 0 Å². The summed E-state index contributed by atoms with van der Waals surface area (Å²) in [5, 5.41) is 0. The summed E-state index contributed by atoms with van der Waals surface area (Å²) in [6, 6.07) is 0. The minimum Gasteiger partial charge on any atom is -0.457 e. The minimum absolute atomic E-state index is 0.0652. The average Bonchev–Trinajstić information content (AvgIpc) is 3.08. The van der Waals surface area contributed by atoms with E-state index in [-0.39, 0.29) is 26.2 Å². The molecule has 0 spiro atoms. The third kappa shape index (κ3) is 38.7. The quantitative estimate of drug-likeness (QED) is 0.0231. The molecule has 0 amide bonds. The van der Waals surface area contributed by atoms with Gasteiger partial charge in [0.05, 0.1) is 40.8 Å². The molecule has 292 valence electrons. The van der Waals surface area contributed by atoms with Crippen molar-refractivity contribution < 1.29 is 37.3 Å². The Balaban J connectivity index is 4.49. The van der Waals surface area contributed by atoms with Gasteiger partial charge in [-0.3, -0.25) is 13.8 Å². The molecule has 0 aromatic heterocycles. The lowest BCUT2D eigenvalue weighted by Crippen LogP contribution is -2.37. The van der Waals surface area contributed by atoms with E-state index in [4.69, 9.17) is 18.5 Å². The van der Waals surface area contributed by atoms with Crippen molar-refractivity contribution in [1.29, 1.82) is 0 Å². The number of ether oxygens (including phenoxy) is 2. The molecule has 0 aromatic carbocycles. The molecule has 2 unspecified atom stereocenters. The van der Waals surface area contributed by atoms with Crippen molar-refractivity contribution >= 4 is 13.8 Å². The number of nitrogens with zero attached hydrogens (tertiary/aromatic N) is 1. The average molecular weight is 735 g/mol. The number of hydrogen-bond donors (Lipinski definition) is 1. The Labute approximate surface area is 312 Å². The van der Waals surface area contributed by atoms with Crippen LogP contribution in [0.2, 0.25) is 0 Å². The molecule has 0 radical (unpaired) electrons. The van der Waals surface area contributed by atoms with Gasteiger partial charge in [-0.15, -0.1) is 0 Å². The summed E-state index contributed by atoms with van der Waals surface area (Å²) in [6.45, 7) is 5.24. The molecule has 0 aliphatic heterocycles. The molecule has 0 saturated carbocycles. The van der Waals surface area contributed by atoms with Crippen LogP contribution < -0.4 is 0 Å². The van der Waals surface area contributed by atoms with Gasteiger partial charge in [-0.05, 0) is 64.2 Å². The maximum atomic E-state index is 12.6. The summed E-state index contributed by atoms with van der Waals surface area (Å²) in [5.41, 5.74) is 0. The predicted octanol–water partition coefficient (Wildman–Crippen LogP) is 10.9. The molecule has 51 heavy (non-hydrogen) atoms. The molecule has 0 heterocycles. The van der Waals surface area contributed by atoms with Crippen LogP contribution >= 0.6 is 7.82 Å². The van der Waals surface area contributed by atoms with Crippen LogP contribution in [-0.2, 0) is 27.9 Å². The molecule has 0 saturated heterocycles. The highest BCUT2D eigenvalue weighted by Crippen LogP contribution is 2.43. The number of rotatable bonds is 34. The van der Waals surface area contributed by atoms with E-state index in [0.29, 0.717) is 24.1 Å². The van der Waals surface area contributed by atoms with E-state index >= 15 is 0 Å². The first-order valence-electron chi connectivity index (χ1n) is 19.3. The van der Waals surface area contributed by atoms with E-state index in [1.54, 1.807) is 6.08 Å². The molecular weight excluding hydrogens is 661 g/mol. The second-order valence-electron chi connectivity index (χ2n) is 13.6. The molecule has 9 heteroatoms. The maximum absolute atomic E-state index is 12.6. The minimum atomic E-state index is -4.30. The number of quaternary nitrogens is 1. The third-order valence-electron chi connectivity index (χ3n) is 7.45. The summed E-state index contributed by atoms with van der Waals surface area (Å²) >= 11 is 0. The van der Waals surface area contributed by atoms with Gasteiger partial charge in [0.1, 0.15) is 19.3 Å². The van der Waals surface area contributed by atoms with Crippen LogP contribution in [0.1, 0.15) is 117 Å². The molecule has 2 atom stereocenters. The Kier molecular flexibility index (Phi) is 33.2. The van der Waals surface area contributed by atoms with Gasteiger partial charge < -0.3 is 18.9 Å². The van der Waals surface area contributed by atoms with Crippen molar-refractivity contribution in [2.24, 2.45) is 0 Å². The lowest BCUT2D eigenvalue weighted by Gasteiger charge is -2.24. The Morgan fingerprint density at radius 1 is 0.627 bits per heavy atom. The third-order valence-corrected chi connectivity index (χ3v) is 8.44. The van der Waals surface area contributed by atoms with E-state index in [9.17, 15) is 14.3 Å². The van der Waals surface area contributed by atoms with Crippen LogP contribution in [-0.4, -0.2) is 75.6 Å². The lowest BCUT2D eigenvalue weighted by molar-refractivity contribution is -0.870. The van der Waals surface area contributed by atoms with E-state index in [0.717, 1.165) is 64.2 Å². The zero-order chi connectivity index (χ0) is 37.7. The first-order chi connectivity index (χ1) is 24.6. The zero-order valence-electron chi connectivity index (χ0n) is 32.8. The molecule has 0 aliphatic carbocycles. The first-order valence-corrected chi connectivity index (χ1v) is 20.8. The molecule has 0 bridgehead atoms. The number of esters is 1. The van der Waals surface area contributed by atoms with Gasteiger partial charge in [0.25, 0.3) is 0 Å². The fourth-order valence-electron chi connectivity index (χ4n) is 4.49. The fourth-order valence-corrected chi connectivity index (χ4v) is 5.23. The fraction of sp³-hybridized carbons (Fsp3) is 0.643. The van der Waals surface area contributed by atoms with Gasteiger partial charge in [-0.25, -0.2) is 4.57 Å². The summed E-state index contributed by atoms with van der Waals surface area (Å²) in [6.07, 6.45) is 45.0. The van der Waals surface area contributed by atoms with Gasteiger partial charge in [-0.1, -0.05) is 131 Å². The molecule has 0 aromatic rings. The second-order valence-corrected chi connectivity index (χ2v) is 15.0. The van der Waals surface area contributed by atoms with Crippen LogP contribution in [0.3, 0.4) is 0 Å². The molecule has 0 rings (SSSR count). The molecule has 1 N–H and O–H groups in total. The normalized spacial score (nSPS) is 14.9. The smallest absolute Gasteiger partial charge is 0.457 e. The second kappa shape index (κ2) is 34.7. The SMILES string of the molecule is CC/C=C\C/C=C\C/C=C\C/C=C\C/C=C\CC(=O)OC(COCCCCCCCC/C=C\C/C=C\CCC)COP(=O)(O)OCC[N+](C)(C)C. The van der Waals surface area contributed by atoms with E-state index in [1.165, 1.54) is 25.7 Å². The molecular formula is C42H73NO7P+. The van der Waals surface area contributed by atoms with Crippen molar-refractivity contribution in [3.05, 3.63) is 85.1 Å². The summed E-state index contributed by atoms with van der Waals surface area (Å²) in [4.78, 5) is 22.7. The number of likely N-dealkylation sites (N-methyl/N-ethyl adjacent to an activating group) is 1. The van der Waals surface area contributed by atoms with Gasteiger partial charge >= 0.3 is 13.8 Å². The van der Waals surface area contributed by atoms with Gasteiger partial charge in [0.2, 0.25) is 0 Å². The predicted molar refractivity (Wildman–Crippen MR) is 215 cm³/mol. The Bertz CT molecular complexity index is 1090. The van der Waals surface area contributed by atoms with Crippen molar-refractivity contribution in [3.8, 4) is 0 Å². The largest absolute Gasteiger partial charge is 0.472 e. The zero-order valence-corrected chi connectivity index (χ0v) is 33.7. The van der Waals surface area contributed by atoms with Gasteiger partial charge in [0.15, 0.2) is 0 Å². The number of phosphoric ester groups is 1. The summed E-state index contributed by atoms with van der Waals surface area (Å²) in [7, 11) is 1.59. The highest BCUT2D eigenvalue weighted by atomic mass is 31.2. The molecule has 8 nitrogen and oxygen atoms in total. The number of phosphoric acid groups is 1. The highest BCUT2D eigenvalue weighted by molar-refractivity contribution is 7.47. The molecule has 0 aliphatic rings. The number of unbranched alkanes of at least 4 members (excludes halogenated alkanes) is 7. The monoisotopic (exact) mass is 735 g/mol. The Morgan fingerprint density at radius 3 is 1.71 bits per heavy atom. The van der Waals surface area contributed by atoms with Gasteiger partial charge in [-0.2, -0.15) is 0 Å². The summed E-state index contributed by atoms with van der Waals surface area (Å²) < 4.78 is 34.7. The van der Waals surface area contributed by atoms with Crippen molar-refractivity contribution in [2.75, 3.05) is 54.1 Å². The standard InChI is InChI=1S/C42H72NO7P/c1-6-8-10-12-14-16-18-20-22-23-25-27-29-31-33-35-42(44)50-41(40-49-51(45,46)48-38-36-43(3,4)5)39-47-37-34-32-30-28-26-24-21-19-17-15-13-11-9-7-2/h8,10-11,13-14,16-17,19-20,22,25,27,31,33,41H,6-7,9,12,15,18,21,23-24,26,28-30,32,34-40H2,1-5H3/p+1/b10-8-,13-11-,16-14-,19-17-,22-20-,27-25-,33-31-. The number of hydrogen-bond acceptors (Lipinski definition) is 6.